The Morgan fingerprint density at radius 1 is 1.24 bits per heavy atom. The van der Waals surface area contributed by atoms with Gasteiger partial charge in [0.1, 0.15) is 0 Å². The van der Waals surface area contributed by atoms with Crippen LogP contribution in [0.4, 0.5) is 5.69 Å². The van der Waals surface area contributed by atoms with E-state index in [2.05, 4.69) is 10.3 Å². The molecule has 0 fully saturated rings. The first-order valence-electron chi connectivity index (χ1n) is 6.97. The zero-order chi connectivity index (χ0) is 14.7. The van der Waals surface area contributed by atoms with E-state index in [1.807, 2.05) is 44.2 Å². The van der Waals surface area contributed by atoms with Crippen molar-refractivity contribution in [2.24, 2.45) is 0 Å². The molecule has 21 heavy (non-hydrogen) atoms. The number of nitrogens with one attached hydrogen (secondary N) is 1. The van der Waals surface area contributed by atoms with Crippen molar-refractivity contribution >= 4 is 5.69 Å². The van der Waals surface area contributed by atoms with E-state index in [1.54, 1.807) is 6.20 Å². The molecule has 5 nitrogen and oxygen atoms in total. The summed E-state index contributed by atoms with van der Waals surface area (Å²) in [6, 6.07) is 9.71. The summed E-state index contributed by atoms with van der Waals surface area (Å²) in [6.45, 7) is 4.86. The van der Waals surface area contributed by atoms with Gasteiger partial charge in [0.25, 0.3) is 0 Å². The third kappa shape index (κ3) is 3.02. The molecule has 0 radical (unpaired) electrons. The fraction of sp³-hybridized carbons (Fsp3) is 0.312. The molecular weight excluding hydrogens is 268 g/mol. The summed E-state index contributed by atoms with van der Waals surface area (Å²) in [5, 5.41) is 3.34. The number of aromatic nitrogens is 1. The molecule has 1 aromatic carbocycles. The summed E-state index contributed by atoms with van der Waals surface area (Å²) in [5.74, 6) is 2.21. The standard InChI is InChI=1S/C16H18N2O3/c1-11(2)21-16-13(6-4-8-17-16)18-9-12-5-3-7-14-15(12)20-10-19-14/h3-8,11,18H,9-10H2,1-2H3. The van der Waals surface area contributed by atoms with Crippen LogP contribution in [0.1, 0.15) is 19.4 Å². The van der Waals surface area contributed by atoms with Crippen molar-refractivity contribution in [3.05, 3.63) is 42.1 Å². The first-order chi connectivity index (χ1) is 10.2. The van der Waals surface area contributed by atoms with Gasteiger partial charge >= 0.3 is 0 Å². The minimum absolute atomic E-state index is 0.0816. The summed E-state index contributed by atoms with van der Waals surface area (Å²) in [7, 11) is 0. The molecule has 5 heteroatoms. The second kappa shape index (κ2) is 5.91. The maximum atomic E-state index is 5.70. The first kappa shape index (κ1) is 13.5. The van der Waals surface area contributed by atoms with E-state index in [4.69, 9.17) is 14.2 Å². The van der Waals surface area contributed by atoms with Crippen molar-refractivity contribution in [1.82, 2.24) is 4.98 Å². The van der Waals surface area contributed by atoms with Crippen LogP contribution in [0.3, 0.4) is 0 Å². The lowest BCUT2D eigenvalue weighted by Crippen LogP contribution is -2.10. The molecule has 110 valence electrons. The van der Waals surface area contributed by atoms with E-state index in [1.165, 1.54) is 0 Å². The lowest BCUT2D eigenvalue weighted by molar-refractivity contribution is 0.173. The molecular formula is C16H18N2O3. The highest BCUT2D eigenvalue weighted by Gasteiger charge is 2.17. The van der Waals surface area contributed by atoms with Crippen LogP contribution in [-0.4, -0.2) is 17.9 Å². The molecule has 1 aromatic heterocycles. The zero-order valence-electron chi connectivity index (χ0n) is 12.1. The molecule has 0 spiro atoms. The third-order valence-electron chi connectivity index (χ3n) is 3.07. The van der Waals surface area contributed by atoms with Crippen LogP contribution >= 0.6 is 0 Å². The Balaban J connectivity index is 1.75. The molecule has 1 N–H and O–H groups in total. The van der Waals surface area contributed by atoms with Crippen LogP contribution in [0.15, 0.2) is 36.5 Å². The molecule has 0 saturated heterocycles. The normalized spacial score (nSPS) is 12.5. The summed E-state index contributed by atoms with van der Waals surface area (Å²) < 4.78 is 16.6. The molecule has 0 amide bonds. The molecule has 0 saturated carbocycles. The molecule has 1 aliphatic heterocycles. The van der Waals surface area contributed by atoms with Gasteiger partial charge in [-0.3, -0.25) is 0 Å². The van der Waals surface area contributed by atoms with Crippen molar-refractivity contribution in [2.45, 2.75) is 26.5 Å². The number of rotatable bonds is 5. The fourth-order valence-electron chi connectivity index (χ4n) is 2.16. The lowest BCUT2D eigenvalue weighted by Gasteiger charge is -2.14. The van der Waals surface area contributed by atoms with E-state index >= 15 is 0 Å². The van der Waals surface area contributed by atoms with Gasteiger partial charge in [-0.05, 0) is 32.0 Å². The van der Waals surface area contributed by atoms with Gasteiger partial charge in [-0.1, -0.05) is 12.1 Å². The monoisotopic (exact) mass is 286 g/mol. The molecule has 2 aromatic rings. The highest BCUT2D eigenvalue weighted by atomic mass is 16.7. The van der Waals surface area contributed by atoms with Crippen molar-refractivity contribution in [3.8, 4) is 17.4 Å². The maximum Gasteiger partial charge on any atom is 0.237 e. The highest BCUT2D eigenvalue weighted by Crippen LogP contribution is 2.36. The predicted octanol–water partition coefficient (Wildman–Crippen LogP) is 3.21. The Bertz CT molecular complexity index is 629. The van der Waals surface area contributed by atoms with E-state index in [0.717, 1.165) is 22.7 Å². The Hall–Kier alpha value is -2.43. The Morgan fingerprint density at radius 2 is 2.14 bits per heavy atom. The van der Waals surface area contributed by atoms with Crippen LogP contribution < -0.4 is 19.5 Å². The van der Waals surface area contributed by atoms with Crippen LogP contribution in [0.2, 0.25) is 0 Å². The molecule has 1 aliphatic rings. The number of nitrogens with zero attached hydrogens (tertiary/aromatic N) is 1. The average Bonchev–Trinajstić information content (AvgIpc) is 2.95. The van der Waals surface area contributed by atoms with E-state index in [0.29, 0.717) is 12.4 Å². The largest absolute Gasteiger partial charge is 0.473 e. The number of hydrogen-bond donors (Lipinski definition) is 1. The van der Waals surface area contributed by atoms with Gasteiger partial charge in [0.2, 0.25) is 12.7 Å². The van der Waals surface area contributed by atoms with Crippen LogP contribution in [-0.2, 0) is 6.54 Å². The van der Waals surface area contributed by atoms with Crippen molar-refractivity contribution in [1.29, 1.82) is 0 Å². The second-order valence-corrected chi connectivity index (χ2v) is 5.03. The van der Waals surface area contributed by atoms with Crippen LogP contribution in [0.5, 0.6) is 17.4 Å². The summed E-state index contributed by atoms with van der Waals surface area (Å²) in [6.07, 6.45) is 1.80. The number of anilines is 1. The SMILES string of the molecule is CC(C)Oc1ncccc1NCc1cccc2c1OCO2. The summed E-state index contributed by atoms with van der Waals surface area (Å²) in [4.78, 5) is 4.26. The van der Waals surface area contributed by atoms with E-state index in [-0.39, 0.29) is 12.9 Å². The topological polar surface area (TPSA) is 52.6 Å². The van der Waals surface area contributed by atoms with Crippen molar-refractivity contribution in [2.75, 3.05) is 12.1 Å². The molecule has 0 atom stereocenters. The average molecular weight is 286 g/mol. The van der Waals surface area contributed by atoms with E-state index < -0.39 is 0 Å². The van der Waals surface area contributed by atoms with Crippen molar-refractivity contribution in [3.63, 3.8) is 0 Å². The molecule has 0 bridgehead atoms. The Morgan fingerprint density at radius 3 is 3.00 bits per heavy atom. The summed E-state index contributed by atoms with van der Waals surface area (Å²) in [5.41, 5.74) is 1.91. The van der Waals surface area contributed by atoms with Gasteiger partial charge in [-0.15, -0.1) is 0 Å². The van der Waals surface area contributed by atoms with Crippen molar-refractivity contribution < 1.29 is 14.2 Å². The number of benzene rings is 1. The number of para-hydroxylation sites is 1. The molecule has 0 aliphatic carbocycles. The number of hydrogen-bond acceptors (Lipinski definition) is 5. The first-order valence-corrected chi connectivity index (χ1v) is 6.97. The van der Waals surface area contributed by atoms with Gasteiger partial charge in [-0.25, -0.2) is 4.98 Å². The fourth-order valence-corrected chi connectivity index (χ4v) is 2.16. The second-order valence-electron chi connectivity index (χ2n) is 5.03. The molecule has 2 heterocycles. The molecule has 3 rings (SSSR count). The van der Waals surface area contributed by atoms with Gasteiger partial charge < -0.3 is 19.5 Å². The quantitative estimate of drug-likeness (QED) is 0.914. The summed E-state index contributed by atoms with van der Waals surface area (Å²) >= 11 is 0. The minimum atomic E-state index is 0.0816. The zero-order valence-corrected chi connectivity index (χ0v) is 12.1. The predicted molar refractivity (Wildman–Crippen MR) is 79.9 cm³/mol. The van der Waals surface area contributed by atoms with Crippen LogP contribution in [0, 0.1) is 0 Å². The van der Waals surface area contributed by atoms with E-state index in [9.17, 15) is 0 Å². The minimum Gasteiger partial charge on any atom is -0.473 e. The van der Waals surface area contributed by atoms with Gasteiger partial charge in [0, 0.05) is 18.3 Å². The number of pyridine rings is 1. The van der Waals surface area contributed by atoms with Gasteiger partial charge in [0.05, 0.1) is 11.8 Å². The number of ether oxygens (including phenoxy) is 3. The Kier molecular flexibility index (Phi) is 3.81. The Labute approximate surface area is 123 Å². The van der Waals surface area contributed by atoms with Gasteiger partial charge in [0.15, 0.2) is 11.5 Å². The van der Waals surface area contributed by atoms with Crippen LogP contribution in [0.25, 0.3) is 0 Å². The molecule has 0 unspecified atom stereocenters. The smallest absolute Gasteiger partial charge is 0.237 e. The maximum absolute atomic E-state index is 5.70. The van der Waals surface area contributed by atoms with Gasteiger partial charge in [-0.2, -0.15) is 0 Å². The highest BCUT2D eigenvalue weighted by molar-refractivity contribution is 5.54. The number of fused-ring (bicyclic) bond motifs is 1. The third-order valence-corrected chi connectivity index (χ3v) is 3.07. The lowest BCUT2D eigenvalue weighted by atomic mass is 10.2.